The van der Waals surface area contributed by atoms with Crippen molar-refractivity contribution in [3.63, 3.8) is 0 Å². The second-order valence-electron chi connectivity index (χ2n) is 13.7. The zero-order chi connectivity index (χ0) is 37.3. The molecule has 0 saturated heterocycles. The summed E-state index contributed by atoms with van der Waals surface area (Å²) in [6, 6.07) is 31.2. The number of benzene rings is 4. The molecule has 274 valence electrons. The van der Waals surface area contributed by atoms with Crippen LogP contribution in [0.3, 0.4) is 0 Å². The average Bonchev–Trinajstić information content (AvgIpc) is 3.58. The summed E-state index contributed by atoms with van der Waals surface area (Å²) in [5, 5.41) is 16.4. The minimum atomic E-state index is -0.370. The van der Waals surface area contributed by atoms with E-state index in [1.807, 2.05) is 110 Å². The summed E-state index contributed by atoms with van der Waals surface area (Å²) in [4.78, 5) is 35.6. The Labute approximate surface area is 315 Å². The van der Waals surface area contributed by atoms with E-state index < -0.39 is 0 Å². The topological polar surface area (TPSA) is 99.9 Å². The molecule has 2 amide bonds. The summed E-state index contributed by atoms with van der Waals surface area (Å²) in [6.45, 7) is 9.82. The quantitative estimate of drug-likeness (QED) is 0.110. The van der Waals surface area contributed by atoms with Crippen molar-refractivity contribution in [1.29, 1.82) is 0 Å². The van der Waals surface area contributed by atoms with Crippen LogP contribution < -0.4 is 14.9 Å². The van der Waals surface area contributed by atoms with E-state index >= 15 is 0 Å². The van der Waals surface area contributed by atoms with Gasteiger partial charge in [0.05, 0.1) is 23.9 Å². The van der Waals surface area contributed by atoms with Gasteiger partial charge < -0.3 is 24.6 Å². The monoisotopic (exact) mass is 727 g/mol. The predicted octanol–water partition coefficient (Wildman–Crippen LogP) is 7.24. The molecule has 0 fully saturated rings. The van der Waals surface area contributed by atoms with Crippen molar-refractivity contribution in [2.75, 3.05) is 24.7 Å². The van der Waals surface area contributed by atoms with Crippen molar-refractivity contribution < 1.29 is 19.4 Å². The maximum Gasteiger partial charge on any atom is 0.274 e. The molecule has 53 heavy (non-hydrogen) atoms. The standard InChI is InChI=1S/C43H49N5O4Si/c1-5-7-23-46(24-8-6-2)43(51)40-25-31(4)48(44-40)41-22-15-34(45-53-38-20-18-37(19-21-38)52-36-16-13-30(3)14-17-36)27-39(41)42(50)47-28-33-12-10-9-11-32(33)26-35(47)29-49/h9-22,25,27,35,45,49H,5-8,23-24,26,28-29H2,1-4H3/t35-/m0/s1. The van der Waals surface area contributed by atoms with Crippen LogP contribution in [0, 0.1) is 13.8 Å². The molecule has 2 radical (unpaired) electrons. The summed E-state index contributed by atoms with van der Waals surface area (Å²) < 4.78 is 7.72. The fourth-order valence-electron chi connectivity index (χ4n) is 6.60. The number of ether oxygens (including phenoxy) is 1. The van der Waals surface area contributed by atoms with Crippen LogP contribution in [-0.4, -0.2) is 71.9 Å². The molecule has 0 saturated carbocycles. The molecule has 4 aromatic carbocycles. The lowest BCUT2D eigenvalue weighted by Gasteiger charge is -2.36. The highest BCUT2D eigenvalue weighted by Crippen LogP contribution is 2.29. The SMILES string of the molecule is CCCCN(CCCC)C(=O)c1cc(C)n(-c2ccc(N[Si]c3ccc(Oc4ccc(C)cc4)cc3)cc2C(=O)N2Cc3ccccc3C[C@H]2CO)n1. The molecule has 0 unspecified atom stereocenters. The Kier molecular flexibility index (Phi) is 12.4. The number of aryl methyl sites for hydroxylation is 2. The number of hydrogen-bond donors (Lipinski definition) is 2. The van der Waals surface area contributed by atoms with Gasteiger partial charge in [-0.1, -0.05) is 80.8 Å². The maximum atomic E-state index is 14.7. The van der Waals surface area contributed by atoms with Gasteiger partial charge in [-0.25, -0.2) is 4.68 Å². The van der Waals surface area contributed by atoms with E-state index in [1.54, 1.807) is 9.58 Å². The largest absolute Gasteiger partial charge is 0.457 e. The molecule has 1 aromatic heterocycles. The van der Waals surface area contributed by atoms with Gasteiger partial charge in [0.1, 0.15) is 11.5 Å². The molecular weight excluding hydrogens is 679 g/mol. The number of carbonyl (C=O) groups is 2. The number of anilines is 1. The first-order chi connectivity index (χ1) is 25.8. The average molecular weight is 728 g/mol. The molecule has 10 heteroatoms. The molecule has 1 aliphatic rings. The zero-order valence-electron chi connectivity index (χ0n) is 31.1. The molecule has 1 aliphatic heterocycles. The third-order valence-corrected chi connectivity index (χ3v) is 10.7. The summed E-state index contributed by atoms with van der Waals surface area (Å²) in [5.74, 6) is 1.25. The van der Waals surface area contributed by atoms with Crippen LogP contribution in [0.1, 0.15) is 82.8 Å². The van der Waals surface area contributed by atoms with E-state index in [9.17, 15) is 14.7 Å². The lowest BCUT2D eigenvalue weighted by Crippen LogP contribution is -2.46. The van der Waals surface area contributed by atoms with Crippen molar-refractivity contribution in [2.45, 2.75) is 72.4 Å². The fourth-order valence-corrected chi connectivity index (χ4v) is 7.38. The van der Waals surface area contributed by atoms with Crippen molar-refractivity contribution in [3.05, 3.63) is 131 Å². The van der Waals surface area contributed by atoms with Gasteiger partial charge in [0, 0.05) is 31.0 Å². The van der Waals surface area contributed by atoms with E-state index in [0.29, 0.717) is 43.0 Å². The van der Waals surface area contributed by atoms with Crippen LogP contribution in [0.25, 0.3) is 5.69 Å². The first-order valence-electron chi connectivity index (χ1n) is 18.6. The van der Waals surface area contributed by atoms with Crippen LogP contribution in [0.4, 0.5) is 5.69 Å². The lowest BCUT2D eigenvalue weighted by atomic mass is 9.93. The van der Waals surface area contributed by atoms with Crippen molar-refractivity contribution >= 4 is 32.4 Å². The van der Waals surface area contributed by atoms with E-state index in [0.717, 1.165) is 64.9 Å². The van der Waals surface area contributed by atoms with Gasteiger partial charge in [-0.15, -0.1) is 0 Å². The molecule has 0 aliphatic carbocycles. The second-order valence-corrected chi connectivity index (χ2v) is 14.8. The lowest BCUT2D eigenvalue weighted by molar-refractivity contribution is 0.0544. The summed E-state index contributed by atoms with van der Waals surface area (Å²) in [6.07, 6.45) is 4.43. The van der Waals surface area contributed by atoms with Gasteiger partial charge in [-0.05, 0) is 98.0 Å². The van der Waals surface area contributed by atoms with E-state index in [2.05, 4.69) is 24.9 Å². The number of aromatic nitrogens is 2. The molecule has 0 bridgehead atoms. The van der Waals surface area contributed by atoms with E-state index in [1.165, 1.54) is 5.56 Å². The van der Waals surface area contributed by atoms with Crippen LogP contribution >= 0.6 is 0 Å². The van der Waals surface area contributed by atoms with E-state index in [-0.39, 0.29) is 34.1 Å². The van der Waals surface area contributed by atoms with Crippen LogP contribution in [0.15, 0.2) is 97.1 Å². The number of hydrogen-bond acceptors (Lipinski definition) is 6. The highest BCUT2D eigenvalue weighted by molar-refractivity contribution is 6.56. The van der Waals surface area contributed by atoms with Gasteiger partial charge in [0.2, 0.25) is 9.68 Å². The molecule has 2 N–H and O–H groups in total. The van der Waals surface area contributed by atoms with Crippen molar-refractivity contribution in [2.24, 2.45) is 0 Å². The van der Waals surface area contributed by atoms with Gasteiger partial charge >= 0.3 is 0 Å². The number of amides is 2. The normalized spacial score (nSPS) is 13.8. The number of nitrogens with one attached hydrogen (secondary N) is 1. The Morgan fingerprint density at radius 2 is 1.55 bits per heavy atom. The predicted molar refractivity (Wildman–Crippen MR) is 212 cm³/mol. The van der Waals surface area contributed by atoms with Gasteiger partial charge in [0.25, 0.3) is 11.8 Å². The summed E-state index contributed by atoms with van der Waals surface area (Å²) >= 11 is 0. The smallest absolute Gasteiger partial charge is 0.274 e. The fraction of sp³-hybridized carbons (Fsp3) is 0.326. The van der Waals surface area contributed by atoms with Crippen LogP contribution in [-0.2, 0) is 13.0 Å². The Balaban J connectivity index is 1.29. The second kappa shape index (κ2) is 17.6. The summed E-state index contributed by atoms with van der Waals surface area (Å²) in [7, 11) is 0.226. The number of fused-ring (bicyclic) bond motifs is 1. The molecule has 9 nitrogen and oxygen atoms in total. The number of aliphatic hydroxyl groups excluding tert-OH is 1. The molecule has 5 aromatic rings. The van der Waals surface area contributed by atoms with Crippen molar-refractivity contribution in [3.8, 4) is 17.2 Å². The zero-order valence-corrected chi connectivity index (χ0v) is 32.1. The Hall–Kier alpha value is -5.19. The molecule has 1 atom stereocenters. The van der Waals surface area contributed by atoms with Crippen LogP contribution in [0.2, 0.25) is 0 Å². The Morgan fingerprint density at radius 3 is 2.21 bits per heavy atom. The highest BCUT2D eigenvalue weighted by Gasteiger charge is 2.32. The number of nitrogens with zero attached hydrogens (tertiary/aromatic N) is 4. The van der Waals surface area contributed by atoms with Gasteiger partial charge in [-0.2, -0.15) is 5.10 Å². The third-order valence-electron chi connectivity index (χ3n) is 9.70. The number of aliphatic hydroxyl groups is 1. The first kappa shape index (κ1) is 37.6. The van der Waals surface area contributed by atoms with Crippen LogP contribution in [0.5, 0.6) is 11.5 Å². The first-order valence-corrected chi connectivity index (χ1v) is 19.6. The van der Waals surface area contributed by atoms with E-state index in [4.69, 9.17) is 9.84 Å². The molecule has 0 spiro atoms. The molecule has 6 rings (SSSR count). The number of unbranched alkanes of at least 4 members (excludes halogenated alkanes) is 2. The minimum absolute atomic E-state index is 0.0932. The highest BCUT2D eigenvalue weighted by atomic mass is 28.2. The molecular formula is C43H49N5O4Si. The maximum absolute atomic E-state index is 14.7. The van der Waals surface area contributed by atoms with Gasteiger partial charge in [-0.3, -0.25) is 9.59 Å². The molecule has 2 heterocycles. The van der Waals surface area contributed by atoms with Gasteiger partial charge in [0.15, 0.2) is 5.69 Å². The van der Waals surface area contributed by atoms with Crippen molar-refractivity contribution in [1.82, 2.24) is 19.6 Å². The Bertz CT molecular complexity index is 2000. The number of carbonyl (C=O) groups excluding carboxylic acids is 2. The minimum Gasteiger partial charge on any atom is -0.457 e. The Morgan fingerprint density at radius 1 is 0.887 bits per heavy atom. The third kappa shape index (κ3) is 9.07. The number of rotatable bonds is 15. The summed E-state index contributed by atoms with van der Waals surface area (Å²) in [5.41, 5.74) is 6.32.